The molecular formula is C9H16BrNO2. The van der Waals surface area contributed by atoms with E-state index in [2.05, 4.69) is 21.2 Å². The van der Waals surface area contributed by atoms with Crippen LogP contribution in [0.2, 0.25) is 0 Å². The van der Waals surface area contributed by atoms with Crippen molar-refractivity contribution in [2.24, 2.45) is 5.92 Å². The van der Waals surface area contributed by atoms with Crippen molar-refractivity contribution in [1.29, 1.82) is 0 Å². The van der Waals surface area contributed by atoms with Crippen LogP contribution in [-0.2, 0) is 9.59 Å². The highest BCUT2D eigenvalue weighted by molar-refractivity contribution is 9.09. The van der Waals surface area contributed by atoms with Crippen molar-refractivity contribution in [3.8, 4) is 0 Å². The molecule has 76 valence electrons. The Morgan fingerprint density at radius 3 is 2.23 bits per heavy atom. The maximum atomic E-state index is 11.1. The highest BCUT2D eigenvalue weighted by Crippen LogP contribution is 2.07. The van der Waals surface area contributed by atoms with E-state index < -0.39 is 0 Å². The summed E-state index contributed by atoms with van der Waals surface area (Å²) in [5.41, 5.74) is 0. The van der Waals surface area contributed by atoms with E-state index in [-0.39, 0.29) is 23.7 Å². The van der Waals surface area contributed by atoms with E-state index >= 15 is 0 Å². The van der Waals surface area contributed by atoms with Gasteiger partial charge in [0.05, 0.1) is 5.33 Å². The Morgan fingerprint density at radius 1 is 1.38 bits per heavy atom. The SMILES string of the molecule is CC(=O)NC(CC(=O)CBr)C(C)C. The summed E-state index contributed by atoms with van der Waals surface area (Å²) in [4.78, 5) is 21.9. The minimum absolute atomic E-state index is 0.0393. The fourth-order valence-corrected chi connectivity index (χ4v) is 1.24. The summed E-state index contributed by atoms with van der Waals surface area (Å²) < 4.78 is 0. The number of nitrogens with one attached hydrogen (secondary N) is 1. The van der Waals surface area contributed by atoms with Crippen LogP contribution in [0.3, 0.4) is 0 Å². The average molecular weight is 250 g/mol. The van der Waals surface area contributed by atoms with Crippen LogP contribution in [0.1, 0.15) is 27.2 Å². The van der Waals surface area contributed by atoms with Crippen molar-refractivity contribution in [3.63, 3.8) is 0 Å². The van der Waals surface area contributed by atoms with Crippen LogP contribution in [0.15, 0.2) is 0 Å². The number of amides is 1. The van der Waals surface area contributed by atoms with Gasteiger partial charge in [-0.15, -0.1) is 0 Å². The zero-order valence-electron chi connectivity index (χ0n) is 8.26. The van der Waals surface area contributed by atoms with Gasteiger partial charge < -0.3 is 5.32 Å². The molecule has 4 heteroatoms. The lowest BCUT2D eigenvalue weighted by molar-refractivity contribution is -0.121. The second-order valence-electron chi connectivity index (χ2n) is 3.43. The number of ketones is 1. The fraction of sp³-hybridized carbons (Fsp3) is 0.778. The quantitative estimate of drug-likeness (QED) is 0.751. The topological polar surface area (TPSA) is 46.2 Å². The molecule has 0 aromatic rings. The molecule has 0 fully saturated rings. The molecule has 13 heavy (non-hydrogen) atoms. The molecule has 0 aromatic carbocycles. The third kappa shape index (κ3) is 5.80. The molecule has 3 nitrogen and oxygen atoms in total. The zero-order valence-corrected chi connectivity index (χ0v) is 9.85. The smallest absolute Gasteiger partial charge is 0.217 e. The van der Waals surface area contributed by atoms with Crippen molar-refractivity contribution < 1.29 is 9.59 Å². The van der Waals surface area contributed by atoms with Gasteiger partial charge >= 0.3 is 0 Å². The molecule has 0 aromatic heterocycles. The van der Waals surface area contributed by atoms with Crippen LogP contribution in [0.25, 0.3) is 0 Å². The summed E-state index contributed by atoms with van der Waals surface area (Å²) in [5, 5.41) is 3.12. The summed E-state index contributed by atoms with van der Waals surface area (Å²) in [6.07, 6.45) is 0.405. The second-order valence-corrected chi connectivity index (χ2v) is 3.99. The molecular weight excluding hydrogens is 234 g/mol. The summed E-state index contributed by atoms with van der Waals surface area (Å²) in [6, 6.07) is -0.0393. The Hall–Kier alpha value is -0.380. The molecule has 0 radical (unpaired) electrons. The minimum Gasteiger partial charge on any atom is -0.353 e. The molecule has 0 bridgehead atoms. The number of halogens is 1. The summed E-state index contributed by atoms with van der Waals surface area (Å²) in [7, 11) is 0. The van der Waals surface area contributed by atoms with Gasteiger partial charge in [-0.25, -0.2) is 0 Å². The van der Waals surface area contributed by atoms with Crippen LogP contribution in [0.4, 0.5) is 0 Å². The Balaban J connectivity index is 4.09. The number of hydrogen-bond acceptors (Lipinski definition) is 2. The van der Waals surface area contributed by atoms with E-state index in [1.165, 1.54) is 6.92 Å². The maximum Gasteiger partial charge on any atom is 0.217 e. The fourth-order valence-electron chi connectivity index (χ4n) is 1.01. The van der Waals surface area contributed by atoms with Crippen molar-refractivity contribution in [3.05, 3.63) is 0 Å². The van der Waals surface area contributed by atoms with Crippen molar-refractivity contribution in [2.75, 3.05) is 5.33 Å². The molecule has 0 saturated heterocycles. The van der Waals surface area contributed by atoms with E-state index in [0.717, 1.165) is 0 Å². The highest BCUT2D eigenvalue weighted by atomic mass is 79.9. The van der Waals surface area contributed by atoms with Crippen LogP contribution in [0.5, 0.6) is 0 Å². The predicted octanol–water partition coefficient (Wildman–Crippen LogP) is 1.50. The molecule has 0 aliphatic heterocycles. The van der Waals surface area contributed by atoms with Crippen LogP contribution in [0, 0.1) is 5.92 Å². The van der Waals surface area contributed by atoms with Gasteiger partial charge in [0.1, 0.15) is 5.78 Å². The zero-order chi connectivity index (χ0) is 10.4. The maximum absolute atomic E-state index is 11.1. The molecule has 1 N–H and O–H groups in total. The number of hydrogen-bond donors (Lipinski definition) is 1. The molecule has 1 unspecified atom stereocenters. The third-order valence-electron chi connectivity index (χ3n) is 1.79. The molecule has 0 aliphatic carbocycles. The van der Waals surface area contributed by atoms with Crippen molar-refractivity contribution in [2.45, 2.75) is 33.2 Å². The monoisotopic (exact) mass is 249 g/mol. The van der Waals surface area contributed by atoms with Gasteiger partial charge in [0.25, 0.3) is 0 Å². The standard InChI is InChI=1S/C9H16BrNO2/c1-6(2)9(11-7(3)12)4-8(13)5-10/h6,9H,4-5H2,1-3H3,(H,11,12). The molecule has 0 spiro atoms. The molecule has 0 saturated carbocycles. The van der Waals surface area contributed by atoms with Gasteiger partial charge in [-0.3, -0.25) is 9.59 Å². The number of alkyl halides is 1. The lowest BCUT2D eigenvalue weighted by Gasteiger charge is -2.20. The molecule has 0 rings (SSSR count). The Kier molecular flexibility index (Phi) is 5.95. The molecule has 0 heterocycles. The Labute approximate surface area is 87.4 Å². The van der Waals surface area contributed by atoms with Crippen molar-refractivity contribution >= 4 is 27.6 Å². The first kappa shape index (κ1) is 12.6. The van der Waals surface area contributed by atoms with E-state index in [1.807, 2.05) is 13.8 Å². The Morgan fingerprint density at radius 2 is 1.92 bits per heavy atom. The minimum atomic E-state index is -0.0823. The number of carbonyl (C=O) groups is 2. The highest BCUT2D eigenvalue weighted by Gasteiger charge is 2.17. The summed E-state index contributed by atoms with van der Waals surface area (Å²) in [5.74, 6) is 0.320. The van der Waals surface area contributed by atoms with E-state index in [9.17, 15) is 9.59 Å². The van der Waals surface area contributed by atoms with Gasteiger partial charge in [0, 0.05) is 19.4 Å². The van der Waals surface area contributed by atoms with Gasteiger partial charge in [-0.05, 0) is 5.92 Å². The lowest BCUT2D eigenvalue weighted by Crippen LogP contribution is -2.38. The number of Topliss-reactive ketones (excluding diaryl/α,β-unsaturated/α-hetero) is 1. The van der Waals surface area contributed by atoms with Gasteiger partial charge in [-0.1, -0.05) is 29.8 Å². The lowest BCUT2D eigenvalue weighted by atomic mass is 9.99. The van der Waals surface area contributed by atoms with Gasteiger partial charge in [0.15, 0.2) is 0 Å². The third-order valence-corrected chi connectivity index (χ3v) is 2.42. The van der Waals surface area contributed by atoms with E-state index in [1.54, 1.807) is 0 Å². The number of carbonyl (C=O) groups excluding carboxylic acids is 2. The largest absolute Gasteiger partial charge is 0.353 e. The first-order valence-corrected chi connectivity index (χ1v) is 5.44. The van der Waals surface area contributed by atoms with E-state index in [0.29, 0.717) is 11.8 Å². The predicted molar refractivity (Wildman–Crippen MR) is 55.9 cm³/mol. The normalized spacial score (nSPS) is 12.7. The second kappa shape index (κ2) is 6.13. The van der Waals surface area contributed by atoms with Crippen LogP contribution < -0.4 is 5.32 Å². The van der Waals surface area contributed by atoms with Gasteiger partial charge in [-0.2, -0.15) is 0 Å². The summed E-state index contributed by atoms with van der Waals surface area (Å²) in [6.45, 7) is 5.44. The first-order valence-electron chi connectivity index (χ1n) is 4.32. The number of rotatable bonds is 5. The van der Waals surface area contributed by atoms with Crippen molar-refractivity contribution in [1.82, 2.24) is 5.32 Å². The average Bonchev–Trinajstić information content (AvgIpc) is 2.02. The van der Waals surface area contributed by atoms with Crippen LogP contribution in [-0.4, -0.2) is 23.1 Å². The van der Waals surface area contributed by atoms with Crippen LogP contribution >= 0.6 is 15.9 Å². The molecule has 1 atom stereocenters. The van der Waals surface area contributed by atoms with Gasteiger partial charge in [0.2, 0.25) is 5.91 Å². The molecule has 0 aliphatic rings. The van der Waals surface area contributed by atoms with E-state index in [4.69, 9.17) is 0 Å². The first-order chi connectivity index (χ1) is 5.97. The Bertz CT molecular complexity index is 192. The molecule has 1 amide bonds. The summed E-state index contributed by atoms with van der Waals surface area (Å²) >= 11 is 3.10.